The number of hydrogen-bond donors (Lipinski definition) is 1. The first-order valence-corrected chi connectivity index (χ1v) is 10.1. The third-order valence-corrected chi connectivity index (χ3v) is 5.76. The highest BCUT2D eigenvalue weighted by atomic mass is 16.3. The lowest BCUT2D eigenvalue weighted by atomic mass is 10.1. The summed E-state index contributed by atoms with van der Waals surface area (Å²) in [6, 6.07) is 10.1. The number of oxazole rings is 1. The number of nitrogens with zero attached hydrogens (tertiary/aromatic N) is 5. The summed E-state index contributed by atoms with van der Waals surface area (Å²) in [5.74, 6) is 0.886. The van der Waals surface area contributed by atoms with Gasteiger partial charge in [0.15, 0.2) is 5.58 Å². The van der Waals surface area contributed by atoms with Crippen molar-refractivity contribution in [3.05, 3.63) is 48.9 Å². The molecule has 7 nitrogen and oxygen atoms in total. The third-order valence-electron chi connectivity index (χ3n) is 5.76. The Balaban J connectivity index is 1.44. The molecular weight excluding hydrogens is 364 g/mol. The van der Waals surface area contributed by atoms with Crippen molar-refractivity contribution in [1.82, 2.24) is 24.6 Å². The SMILES string of the molecule is CCN1CCC(n2cc(-c3cnc(N)c(-c4nc5ccccc5o4)c3)cn2)CC1. The van der Waals surface area contributed by atoms with Crippen molar-refractivity contribution in [2.45, 2.75) is 25.8 Å². The Hall–Kier alpha value is -3.19. The monoisotopic (exact) mass is 388 g/mol. The average Bonchev–Trinajstić information content (AvgIpc) is 3.41. The van der Waals surface area contributed by atoms with Gasteiger partial charge in [0.2, 0.25) is 5.89 Å². The van der Waals surface area contributed by atoms with E-state index in [1.807, 2.05) is 36.5 Å². The molecule has 3 aromatic heterocycles. The lowest BCUT2D eigenvalue weighted by Gasteiger charge is -2.31. The summed E-state index contributed by atoms with van der Waals surface area (Å²) in [5, 5.41) is 4.63. The van der Waals surface area contributed by atoms with E-state index in [1.54, 1.807) is 6.20 Å². The van der Waals surface area contributed by atoms with Crippen molar-refractivity contribution in [3.63, 3.8) is 0 Å². The molecular formula is C22H24N6O. The Morgan fingerprint density at radius 2 is 1.97 bits per heavy atom. The van der Waals surface area contributed by atoms with E-state index in [1.165, 1.54) is 0 Å². The number of aromatic nitrogens is 4. The minimum atomic E-state index is 0.402. The first kappa shape index (κ1) is 17.9. The van der Waals surface area contributed by atoms with Crippen LogP contribution in [0, 0.1) is 0 Å². The summed E-state index contributed by atoms with van der Waals surface area (Å²) in [6.45, 7) is 5.59. The Labute approximate surface area is 169 Å². The molecule has 7 heteroatoms. The fourth-order valence-corrected chi connectivity index (χ4v) is 3.98. The van der Waals surface area contributed by atoms with Crippen molar-refractivity contribution in [2.75, 3.05) is 25.4 Å². The second kappa shape index (κ2) is 7.33. The van der Waals surface area contributed by atoms with Crippen LogP contribution in [0.5, 0.6) is 0 Å². The van der Waals surface area contributed by atoms with Crippen LogP contribution in [0.3, 0.4) is 0 Å². The van der Waals surface area contributed by atoms with Crippen LogP contribution in [-0.2, 0) is 0 Å². The number of anilines is 1. The maximum Gasteiger partial charge on any atom is 0.231 e. The number of nitrogen functional groups attached to an aromatic ring is 1. The zero-order valence-corrected chi connectivity index (χ0v) is 16.5. The Morgan fingerprint density at radius 3 is 2.76 bits per heavy atom. The van der Waals surface area contributed by atoms with Gasteiger partial charge in [0.25, 0.3) is 0 Å². The summed E-state index contributed by atoms with van der Waals surface area (Å²) in [5.41, 5.74) is 10.3. The number of piperidine rings is 1. The number of fused-ring (bicyclic) bond motifs is 1. The summed E-state index contributed by atoms with van der Waals surface area (Å²) >= 11 is 0. The predicted octanol–water partition coefficient (Wildman–Crippen LogP) is 3.99. The van der Waals surface area contributed by atoms with E-state index < -0.39 is 0 Å². The van der Waals surface area contributed by atoms with Crippen molar-refractivity contribution in [1.29, 1.82) is 0 Å². The molecule has 29 heavy (non-hydrogen) atoms. The zero-order chi connectivity index (χ0) is 19.8. The zero-order valence-electron chi connectivity index (χ0n) is 16.5. The molecule has 0 amide bonds. The van der Waals surface area contributed by atoms with Crippen LogP contribution in [0.1, 0.15) is 25.8 Å². The molecule has 1 aliphatic heterocycles. The van der Waals surface area contributed by atoms with Crippen molar-refractivity contribution < 1.29 is 4.42 Å². The van der Waals surface area contributed by atoms with Crippen LogP contribution >= 0.6 is 0 Å². The lowest BCUT2D eigenvalue weighted by Crippen LogP contribution is -2.34. The van der Waals surface area contributed by atoms with Gasteiger partial charge in [-0.2, -0.15) is 5.10 Å². The minimum Gasteiger partial charge on any atom is -0.436 e. The maximum absolute atomic E-state index is 6.13. The van der Waals surface area contributed by atoms with Gasteiger partial charge in [-0.1, -0.05) is 19.1 Å². The highest BCUT2D eigenvalue weighted by Gasteiger charge is 2.21. The van der Waals surface area contributed by atoms with Crippen LogP contribution in [0.25, 0.3) is 33.7 Å². The number of rotatable bonds is 4. The molecule has 0 unspecified atom stereocenters. The second-order valence-electron chi connectivity index (χ2n) is 7.52. The van der Waals surface area contributed by atoms with E-state index in [0.29, 0.717) is 23.3 Å². The maximum atomic E-state index is 6.13. The molecule has 1 aliphatic rings. The number of hydrogen-bond acceptors (Lipinski definition) is 6. The largest absolute Gasteiger partial charge is 0.436 e. The van der Waals surface area contributed by atoms with Crippen LogP contribution in [-0.4, -0.2) is 44.3 Å². The summed E-state index contributed by atoms with van der Waals surface area (Å²) < 4.78 is 7.99. The topological polar surface area (TPSA) is 86.0 Å². The number of nitrogens with two attached hydrogens (primary N) is 1. The molecule has 0 saturated carbocycles. The van der Waals surface area contributed by atoms with Gasteiger partial charge in [0.05, 0.1) is 17.8 Å². The van der Waals surface area contributed by atoms with E-state index in [-0.39, 0.29) is 0 Å². The van der Waals surface area contributed by atoms with Crippen molar-refractivity contribution in [3.8, 4) is 22.6 Å². The van der Waals surface area contributed by atoms with Gasteiger partial charge in [0.1, 0.15) is 11.3 Å². The van der Waals surface area contributed by atoms with E-state index in [4.69, 9.17) is 10.2 Å². The number of benzene rings is 1. The van der Waals surface area contributed by atoms with Gasteiger partial charge in [-0.25, -0.2) is 9.97 Å². The Morgan fingerprint density at radius 1 is 1.14 bits per heavy atom. The molecule has 4 aromatic rings. The number of para-hydroxylation sites is 2. The summed E-state index contributed by atoms with van der Waals surface area (Å²) in [6.07, 6.45) is 8.04. The molecule has 1 aromatic carbocycles. The van der Waals surface area contributed by atoms with E-state index >= 15 is 0 Å². The lowest BCUT2D eigenvalue weighted by molar-refractivity contribution is 0.187. The molecule has 148 valence electrons. The van der Waals surface area contributed by atoms with Crippen LogP contribution in [0.15, 0.2) is 53.3 Å². The van der Waals surface area contributed by atoms with E-state index in [2.05, 4.69) is 37.8 Å². The van der Waals surface area contributed by atoms with Crippen molar-refractivity contribution in [2.24, 2.45) is 0 Å². The first-order chi connectivity index (χ1) is 14.2. The number of pyridine rings is 1. The van der Waals surface area contributed by atoms with Gasteiger partial charge in [-0.05, 0) is 37.6 Å². The molecule has 1 fully saturated rings. The molecule has 0 spiro atoms. The van der Waals surface area contributed by atoms with Gasteiger partial charge < -0.3 is 15.1 Å². The summed E-state index contributed by atoms with van der Waals surface area (Å²) in [4.78, 5) is 11.4. The second-order valence-corrected chi connectivity index (χ2v) is 7.52. The van der Waals surface area contributed by atoms with Gasteiger partial charge in [0, 0.05) is 36.6 Å². The molecule has 0 bridgehead atoms. The van der Waals surface area contributed by atoms with E-state index in [0.717, 1.165) is 54.7 Å². The van der Waals surface area contributed by atoms with Crippen LogP contribution in [0.2, 0.25) is 0 Å². The molecule has 5 rings (SSSR count). The standard InChI is InChI=1S/C22H24N6O/c1-2-27-9-7-17(8-10-27)28-14-16(13-25-28)15-11-18(21(23)24-12-15)22-26-19-5-3-4-6-20(19)29-22/h3-6,11-14,17H,2,7-10H2,1H3,(H2,23,24). The summed E-state index contributed by atoms with van der Waals surface area (Å²) in [7, 11) is 0. The molecule has 0 aliphatic carbocycles. The number of likely N-dealkylation sites (tertiary alicyclic amines) is 1. The van der Waals surface area contributed by atoms with Gasteiger partial charge >= 0.3 is 0 Å². The normalized spacial score (nSPS) is 15.9. The fraction of sp³-hybridized carbons (Fsp3) is 0.318. The molecule has 4 heterocycles. The quantitative estimate of drug-likeness (QED) is 0.569. The highest BCUT2D eigenvalue weighted by molar-refractivity contribution is 5.80. The Kier molecular flexibility index (Phi) is 4.52. The predicted molar refractivity (Wildman–Crippen MR) is 113 cm³/mol. The van der Waals surface area contributed by atoms with Crippen LogP contribution in [0.4, 0.5) is 5.82 Å². The van der Waals surface area contributed by atoms with Crippen LogP contribution < -0.4 is 5.73 Å². The molecule has 1 saturated heterocycles. The fourth-order valence-electron chi connectivity index (χ4n) is 3.98. The van der Waals surface area contributed by atoms with Crippen molar-refractivity contribution >= 4 is 16.9 Å². The van der Waals surface area contributed by atoms with Gasteiger partial charge in [-0.3, -0.25) is 4.68 Å². The van der Waals surface area contributed by atoms with Gasteiger partial charge in [-0.15, -0.1) is 0 Å². The highest BCUT2D eigenvalue weighted by Crippen LogP contribution is 2.32. The first-order valence-electron chi connectivity index (χ1n) is 10.1. The third kappa shape index (κ3) is 3.38. The average molecular weight is 388 g/mol. The molecule has 0 radical (unpaired) electrons. The smallest absolute Gasteiger partial charge is 0.231 e. The Bertz CT molecular complexity index is 1110. The minimum absolute atomic E-state index is 0.402. The van der Waals surface area contributed by atoms with E-state index in [9.17, 15) is 0 Å². The molecule has 2 N–H and O–H groups in total. The molecule has 0 atom stereocenters.